The summed E-state index contributed by atoms with van der Waals surface area (Å²) in [6, 6.07) is 2.70. The van der Waals surface area contributed by atoms with E-state index in [2.05, 4.69) is 43.3 Å². The molecule has 4 rings (SSSR count). The summed E-state index contributed by atoms with van der Waals surface area (Å²) in [5.41, 5.74) is 2.56. The lowest BCUT2D eigenvalue weighted by Gasteiger charge is -2.44. The molecule has 110 valence electrons. The van der Waals surface area contributed by atoms with Gasteiger partial charge in [0, 0.05) is 19.1 Å². The first kappa shape index (κ1) is 12.7. The van der Waals surface area contributed by atoms with Gasteiger partial charge < -0.3 is 9.32 Å². The maximum atomic E-state index is 5.18. The molecule has 0 unspecified atom stereocenters. The maximum absolute atomic E-state index is 5.18. The van der Waals surface area contributed by atoms with Crippen LogP contribution >= 0.6 is 0 Å². The minimum atomic E-state index is 0.493. The quantitative estimate of drug-likeness (QED) is 0.818. The molecule has 0 N–H and O–H groups in total. The first-order valence-electron chi connectivity index (χ1n) is 7.35. The van der Waals surface area contributed by atoms with Crippen LogP contribution in [0.2, 0.25) is 0 Å². The van der Waals surface area contributed by atoms with Crippen LogP contribution < -0.4 is 4.90 Å². The van der Waals surface area contributed by atoms with Crippen molar-refractivity contribution in [2.45, 2.75) is 31.8 Å². The molecule has 7 heteroatoms. The minimum Gasteiger partial charge on any atom is -0.427 e. The fourth-order valence-corrected chi connectivity index (χ4v) is 3.00. The average Bonchev–Trinajstić information content (AvgIpc) is 3.07. The molecular formula is C14H18N6O. The second-order valence-corrected chi connectivity index (χ2v) is 5.83. The second kappa shape index (κ2) is 5.07. The Balaban J connectivity index is 1.36. The molecule has 0 aromatic carbocycles. The van der Waals surface area contributed by atoms with Gasteiger partial charge >= 0.3 is 0 Å². The maximum Gasteiger partial charge on any atom is 0.230 e. The van der Waals surface area contributed by atoms with Crippen LogP contribution in [-0.4, -0.2) is 51.5 Å². The standard InChI is InChI=1S/C14H18N6O/c1-19(8-14-18-15-9-21-14)11-6-20(7-11)13-5-10-3-2-4-12(10)16-17-13/h5,9,11H,2-4,6-8H2,1H3. The molecular weight excluding hydrogens is 268 g/mol. The number of rotatable bonds is 4. The van der Waals surface area contributed by atoms with Crippen molar-refractivity contribution in [2.24, 2.45) is 0 Å². The molecule has 0 spiro atoms. The van der Waals surface area contributed by atoms with Crippen molar-refractivity contribution in [1.82, 2.24) is 25.3 Å². The van der Waals surface area contributed by atoms with Crippen LogP contribution in [0.1, 0.15) is 23.6 Å². The predicted molar refractivity (Wildman–Crippen MR) is 75.8 cm³/mol. The van der Waals surface area contributed by atoms with E-state index >= 15 is 0 Å². The third kappa shape index (κ3) is 2.37. The summed E-state index contributed by atoms with van der Waals surface area (Å²) in [7, 11) is 2.08. The first-order valence-corrected chi connectivity index (χ1v) is 7.35. The molecule has 0 saturated carbocycles. The number of aryl methyl sites for hydroxylation is 2. The van der Waals surface area contributed by atoms with Gasteiger partial charge in [0.15, 0.2) is 5.82 Å². The molecule has 1 aliphatic carbocycles. The highest BCUT2D eigenvalue weighted by atomic mass is 16.4. The molecule has 0 bridgehead atoms. The third-order valence-electron chi connectivity index (χ3n) is 4.41. The van der Waals surface area contributed by atoms with E-state index < -0.39 is 0 Å². The number of aromatic nitrogens is 4. The zero-order valence-corrected chi connectivity index (χ0v) is 12.1. The predicted octanol–water partition coefficient (Wildman–Crippen LogP) is 0.669. The number of likely N-dealkylation sites (N-methyl/N-ethyl adjacent to an activating group) is 1. The summed E-state index contributed by atoms with van der Waals surface area (Å²) >= 11 is 0. The topological polar surface area (TPSA) is 71.2 Å². The molecule has 1 aliphatic heterocycles. The molecule has 0 amide bonds. The molecule has 0 atom stereocenters. The molecule has 3 heterocycles. The molecule has 2 aromatic heterocycles. The monoisotopic (exact) mass is 286 g/mol. The zero-order valence-electron chi connectivity index (χ0n) is 12.1. The van der Waals surface area contributed by atoms with Crippen molar-refractivity contribution in [1.29, 1.82) is 0 Å². The Hall–Kier alpha value is -2.02. The van der Waals surface area contributed by atoms with Gasteiger partial charge in [-0.25, -0.2) is 0 Å². The smallest absolute Gasteiger partial charge is 0.230 e. The molecule has 1 saturated heterocycles. The van der Waals surface area contributed by atoms with Crippen LogP contribution in [0.4, 0.5) is 5.82 Å². The van der Waals surface area contributed by atoms with Gasteiger partial charge in [0.1, 0.15) is 0 Å². The van der Waals surface area contributed by atoms with Gasteiger partial charge in [-0.3, -0.25) is 4.90 Å². The van der Waals surface area contributed by atoms with E-state index in [-0.39, 0.29) is 0 Å². The highest BCUT2D eigenvalue weighted by Gasteiger charge is 2.32. The molecule has 0 radical (unpaired) electrons. The van der Waals surface area contributed by atoms with Crippen LogP contribution in [0.5, 0.6) is 0 Å². The lowest BCUT2D eigenvalue weighted by molar-refractivity contribution is 0.180. The van der Waals surface area contributed by atoms with Crippen LogP contribution in [0.15, 0.2) is 16.9 Å². The lowest BCUT2D eigenvalue weighted by atomic mass is 10.1. The fraction of sp³-hybridized carbons (Fsp3) is 0.571. The molecule has 1 fully saturated rings. The Kier molecular flexibility index (Phi) is 3.07. The van der Waals surface area contributed by atoms with Crippen molar-refractivity contribution in [3.8, 4) is 0 Å². The zero-order chi connectivity index (χ0) is 14.2. The summed E-state index contributed by atoms with van der Waals surface area (Å²) in [5.74, 6) is 1.67. The Morgan fingerprint density at radius 3 is 3.00 bits per heavy atom. The highest BCUT2D eigenvalue weighted by Crippen LogP contribution is 2.26. The number of anilines is 1. The first-order chi connectivity index (χ1) is 10.3. The van der Waals surface area contributed by atoms with E-state index in [9.17, 15) is 0 Å². The largest absolute Gasteiger partial charge is 0.427 e. The van der Waals surface area contributed by atoms with Gasteiger partial charge in [0.25, 0.3) is 0 Å². The minimum absolute atomic E-state index is 0.493. The SMILES string of the molecule is CN(Cc1nnco1)C1CN(c2cc3c(nn2)CCC3)C1. The number of hydrogen-bond donors (Lipinski definition) is 0. The lowest BCUT2D eigenvalue weighted by Crippen LogP contribution is -2.58. The average molecular weight is 286 g/mol. The fourth-order valence-electron chi connectivity index (χ4n) is 3.00. The van der Waals surface area contributed by atoms with Gasteiger partial charge in [-0.2, -0.15) is 5.10 Å². The van der Waals surface area contributed by atoms with E-state index in [4.69, 9.17) is 4.42 Å². The van der Waals surface area contributed by atoms with Gasteiger partial charge in [-0.15, -0.1) is 15.3 Å². The second-order valence-electron chi connectivity index (χ2n) is 5.83. The number of fused-ring (bicyclic) bond motifs is 1. The third-order valence-corrected chi connectivity index (χ3v) is 4.41. The van der Waals surface area contributed by atoms with Crippen LogP contribution in [-0.2, 0) is 19.4 Å². The Morgan fingerprint density at radius 1 is 1.29 bits per heavy atom. The van der Waals surface area contributed by atoms with Gasteiger partial charge in [-0.1, -0.05) is 0 Å². The van der Waals surface area contributed by atoms with Crippen LogP contribution in [0.3, 0.4) is 0 Å². The van der Waals surface area contributed by atoms with Crippen molar-refractivity contribution in [3.63, 3.8) is 0 Å². The van der Waals surface area contributed by atoms with Crippen molar-refractivity contribution in [3.05, 3.63) is 29.6 Å². The molecule has 2 aromatic rings. The summed E-state index contributed by atoms with van der Waals surface area (Å²) in [6.45, 7) is 2.63. The molecule has 7 nitrogen and oxygen atoms in total. The van der Waals surface area contributed by atoms with Crippen molar-refractivity contribution < 1.29 is 4.42 Å². The summed E-state index contributed by atoms with van der Waals surface area (Å²) in [5, 5.41) is 16.3. The van der Waals surface area contributed by atoms with Crippen LogP contribution in [0.25, 0.3) is 0 Å². The van der Waals surface area contributed by atoms with E-state index in [1.54, 1.807) is 0 Å². The molecule has 21 heavy (non-hydrogen) atoms. The highest BCUT2D eigenvalue weighted by molar-refractivity contribution is 5.45. The summed E-state index contributed by atoms with van der Waals surface area (Å²) in [4.78, 5) is 4.52. The molecule has 2 aliphatic rings. The summed E-state index contributed by atoms with van der Waals surface area (Å²) < 4.78 is 5.18. The Bertz CT molecular complexity index is 622. The number of hydrogen-bond acceptors (Lipinski definition) is 7. The Labute approximate surface area is 123 Å². The van der Waals surface area contributed by atoms with Crippen molar-refractivity contribution in [2.75, 3.05) is 25.0 Å². The number of nitrogens with zero attached hydrogens (tertiary/aromatic N) is 6. The van der Waals surface area contributed by atoms with Gasteiger partial charge in [0.05, 0.1) is 12.2 Å². The van der Waals surface area contributed by atoms with Gasteiger partial charge in [-0.05, 0) is 37.9 Å². The van der Waals surface area contributed by atoms with E-state index in [0.29, 0.717) is 18.5 Å². The van der Waals surface area contributed by atoms with Gasteiger partial charge in [0.2, 0.25) is 12.3 Å². The van der Waals surface area contributed by atoms with E-state index in [1.807, 2.05) is 0 Å². The van der Waals surface area contributed by atoms with E-state index in [1.165, 1.54) is 24.1 Å². The van der Waals surface area contributed by atoms with E-state index in [0.717, 1.165) is 31.7 Å². The normalized spacial score (nSPS) is 18.1. The van der Waals surface area contributed by atoms with Crippen molar-refractivity contribution >= 4 is 5.82 Å². The summed E-state index contributed by atoms with van der Waals surface area (Å²) in [6.07, 6.45) is 4.81. The van der Waals surface area contributed by atoms with Crippen LogP contribution in [0, 0.1) is 0 Å². The Morgan fingerprint density at radius 2 is 2.19 bits per heavy atom.